The van der Waals surface area contributed by atoms with Gasteiger partial charge in [-0.05, 0) is 122 Å². The number of hydrogen-bond donors (Lipinski definition) is 2. The minimum absolute atomic E-state index is 0.0396. The molecule has 0 saturated heterocycles. The second kappa shape index (κ2) is 60.1. The van der Waals surface area contributed by atoms with Gasteiger partial charge in [0.1, 0.15) is 6.61 Å². The Balaban J connectivity index is 4.10. The summed E-state index contributed by atoms with van der Waals surface area (Å²) in [5.74, 6) is -0.880. The van der Waals surface area contributed by atoms with E-state index in [4.69, 9.17) is 24.3 Å². The number of allylic oxidation sites excluding steroid dienone is 24. The van der Waals surface area contributed by atoms with Gasteiger partial charge in [0.05, 0.1) is 13.2 Å². The Kier molecular flexibility index (Phi) is 56.9. The van der Waals surface area contributed by atoms with Crippen LogP contribution in [0.5, 0.6) is 0 Å². The van der Waals surface area contributed by atoms with Crippen molar-refractivity contribution >= 4 is 19.8 Å². The number of hydrogen-bond acceptors (Lipinski definition) is 8. The highest BCUT2D eigenvalue weighted by Gasteiger charge is 2.26. The molecule has 10 heteroatoms. The molecule has 0 aromatic rings. The molecular formula is C66H108NO8P. The number of phosphoric acid groups is 1. The fourth-order valence-electron chi connectivity index (χ4n) is 7.58. The lowest BCUT2D eigenvalue weighted by molar-refractivity contribution is -0.161. The van der Waals surface area contributed by atoms with Crippen LogP contribution in [0.15, 0.2) is 146 Å². The van der Waals surface area contributed by atoms with Crippen molar-refractivity contribution in [2.45, 2.75) is 232 Å². The molecule has 0 saturated carbocycles. The van der Waals surface area contributed by atoms with E-state index < -0.39 is 32.5 Å². The van der Waals surface area contributed by atoms with E-state index in [-0.39, 0.29) is 32.6 Å². The van der Waals surface area contributed by atoms with Gasteiger partial charge in [-0.15, -0.1) is 0 Å². The molecule has 76 heavy (non-hydrogen) atoms. The van der Waals surface area contributed by atoms with Crippen molar-refractivity contribution in [3.05, 3.63) is 146 Å². The number of rotatable bonds is 54. The van der Waals surface area contributed by atoms with Crippen molar-refractivity contribution in [3.63, 3.8) is 0 Å². The minimum atomic E-state index is -4.41. The van der Waals surface area contributed by atoms with Crippen molar-refractivity contribution in [1.29, 1.82) is 0 Å². The van der Waals surface area contributed by atoms with E-state index in [9.17, 15) is 19.0 Å². The zero-order valence-electron chi connectivity index (χ0n) is 47.9. The third-order valence-corrected chi connectivity index (χ3v) is 12.9. The number of carbonyl (C=O) groups excluding carboxylic acids is 2. The zero-order chi connectivity index (χ0) is 55.2. The van der Waals surface area contributed by atoms with Gasteiger partial charge in [-0.1, -0.05) is 237 Å². The van der Waals surface area contributed by atoms with E-state index in [1.54, 1.807) is 0 Å². The average Bonchev–Trinajstić information content (AvgIpc) is 3.41. The molecule has 0 rings (SSSR count). The van der Waals surface area contributed by atoms with Crippen LogP contribution in [-0.4, -0.2) is 49.3 Å². The number of carbonyl (C=O) groups is 2. The van der Waals surface area contributed by atoms with Crippen molar-refractivity contribution in [1.82, 2.24) is 0 Å². The summed E-state index contributed by atoms with van der Waals surface area (Å²) in [5, 5.41) is 0. The molecule has 2 unspecified atom stereocenters. The van der Waals surface area contributed by atoms with Gasteiger partial charge < -0.3 is 20.1 Å². The monoisotopic (exact) mass is 1070 g/mol. The number of phosphoric ester groups is 1. The van der Waals surface area contributed by atoms with Gasteiger partial charge in [0.15, 0.2) is 6.10 Å². The highest BCUT2D eigenvalue weighted by atomic mass is 31.2. The summed E-state index contributed by atoms with van der Waals surface area (Å²) in [5.41, 5.74) is 5.38. The number of unbranched alkanes of at least 4 members (excludes halogenated alkanes) is 17. The quantitative estimate of drug-likeness (QED) is 0.0264. The molecule has 0 fully saturated rings. The first-order valence-corrected chi connectivity index (χ1v) is 31.3. The van der Waals surface area contributed by atoms with Gasteiger partial charge in [-0.3, -0.25) is 18.6 Å². The largest absolute Gasteiger partial charge is 0.472 e. The molecule has 3 N–H and O–H groups in total. The minimum Gasteiger partial charge on any atom is -0.462 e. The summed E-state index contributed by atoms with van der Waals surface area (Å²) in [6.07, 6.45) is 86.2. The second-order valence-corrected chi connectivity index (χ2v) is 20.6. The molecule has 9 nitrogen and oxygen atoms in total. The van der Waals surface area contributed by atoms with Gasteiger partial charge in [-0.25, -0.2) is 4.57 Å². The Morgan fingerprint density at radius 1 is 0.408 bits per heavy atom. The zero-order valence-corrected chi connectivity index (χ0v) is 48.8. The number of ether oxygens (including phenoxy) is 2. The van der Waals surface area contributed by atoms with Crippen LogP contribution >= 0.6 is 7.82 Å². The molecule has 0 radical (unpaired) electrons. The van der Waals surface area contributed by atoms with Crippen LogP contribution in [0, 0.1) is 0 Å². The van der Waals surface area contributed by atoms with Crippen molar-refractivity contribution < 1.29 is 37.6 Å². The molecule has 430 valence electrons. The molecule has 2 atom stereocenters. The lowest BCUT2D eigenvalue weighted by Crippen LogP contribution is -2.29. The Hall–Kier alpha value is -4.11. The van der Waals surface area contributed by atoms with E-state index in [2.05, 4.69) is 160 Å². The summed E-state index contributed by atoms with van der Waals surface area (Å²) < 4.78 is 33.0. The molecular weight excluding hydrogens is 966 g/mol. The molecule has 0 aliphatic carbocycles. The first-order chi connectivity index (χ1) is 37.3. The summed E-state index contributed by atoms with van der Waals surface area (Å²) in [7, 11) is -4.41. The lowest BCUT2D eigenvalue weighted by Gasteiger charge is -2.19. The van der Waals surface area contributed by atoms with Crippen LogP contribution in [0.25, 0.3) is 0 Å². The molecule has 0 aliphatic rings. The maximum atomic E-state index is 12.7. The van der Waals surface area contributed by atoms with Crippen LogP contribution < -0.4 is 5.73 Å². The van der Waals surface area contributed by atoms with Crippen LogP contribution in [0.3, 0.4) is 0 Å². The topological polar surface area (TPSA) is 134 Å². The standard InChI is InChI=1S/C66H108NO8P/c1-3-5-7-9-11-13-15-17-19-21-23-24-25-26-27-28-29-30-31-32-33-34-35-36-37-38-39-40-41-43-45-47-49-51-53-55-57-59-66(69)75-64(63-74-76(70,71)73-61-60-67)62-72-65(68)58-56-54-52-50-48-46-44-42-22-20-18-16-14-12-10-8-6-4-2/h5,7,11,13,17,19-20,22-24,26-27,29-30,32-33,35-36,38-39,41,43,47,49,64H,3-4,6,8-10,12,14-16,18,21,25,28,31,34,37,40,42,44-46,48,50-63,67H2,1-2H3,(H,70,71)/b7-5-,13-11-,19-17-,22-20-,24-23-,27-26-,30-29-,33-32-,36-35-,39-38-,43-41-,49-47-. The van der Waals surface area contributed by atoms with Crippen LogP contribution in [-0.2, 0) is 32.7 Å². The van der Waals surface area contributed by atoms with E-state index in [0.717, 1.165) is 122 Å². The average molecular weight is 1070 g/mol. The maximum Gasteiger partial charge on any atom is 0.472 e. The number of nitrogens with two attached hydrogens (primary N) is 1. The third-order valence-electron chi connectivity index (χ3n) is 12.0. The normalized spacial score (nSPS) is 14.1. The Morgan fingerprint density at radius 2 is 0.724 bits per heavy atom. The first kappa shape index (κ1) is 71.9. The Morgan fingerprint density at radius 3 is 1.11 bits per heavy atom. The molecule has 0 aromatic heterocycles. The molecule has 0 bridgehead atoms. The van der Waals surface area contributed by atoms with Crippen LogP contribution in [0.2, 0.25) is 0 Å². The Labute approximate surface area is 465 Å². The van der Waals surface area contributed by atoms with Crippen LogP contribution in [0.1, 0.15) is 226 Å². The SMILES string of the molecule is CC/C=C\C/C=C\C/C=C\C/C=C\C/C=C\C/C=C\C/C=C\C/C=C\C/C=C\C/C=C\C/C=C\CCCCCC(=O)OC(COC(=O)CCCCCCCCC/C=C\CCCCCCCCC)COP(=O)(O)OCCN. The van der Waals surface area contributed by atoms with E-state index in [0.29, 0.717) is 6.42 Å². The van der Waals surface area contributed by atoms with Gasteiger partial charge >= 0.3 is 19.8 Å². The van der Waals surface area contributed by atoms with Crippen molar-refractivity contribution in [2.24, 2.45) is 5.73 Å². The summed E-state index contributed by atoms with van der Waals surface area (Å²) in [6.45, 7) is 3.57. The van der Waals surface area contributed by atoms with Gasteiger partial charge in [0.25, 0.3) is 0 Å². The predicted molar refractivity (Wildman–Crippen MR) is 325 cm³/mol. The van der Waals surface area contributed by atoms with Gasteiger partial charge in [-0.2, -0.15) is 0 Å². The lowest BCUT2D eigenvalue weighted by atomic mass is 10.1. The van der Waals surface area contributed by atoms with E-state index in [1.807, 2.05) is 0 Å². The number of esters is 2. The smallest absolute Gasteiger partial charge is 0.462 e. The second-order valence-electron chi connectivity index (χ2n) is 19.1. The first-order valence-electron chi connectivity index (χ1n) is 29.8. The maximum absolute atomic E-state index is 12.7. The molecule has 0 aliphatic heterocycles. The molecule has 0 aromatic carbocycles. The van der Waals surface area contributed by atoms with Crippen molar-refractivity contribution in [3.8, 4) is 0 Å². The summed E-state index contributed by atoms with van der Waals surface area (Å²) in [6, 6.07) is 0. The molecule has 0 amide bonds. The molecule has 0 heterocycles. The molecule has 0 spiro atoms. The predicted octanol–water partition coefficient (Wildman–Crippen LogP) is 19.1. The third kappa shape index (κ3) is 59.1. The fraction of sp³-hybridized carbons (Fsp3) is 0.606. The van der Waals surface area contributed by atoms with Crippen LogP contribution in [0.4, 0.5) is 0 Å². The van der Waals surface area contributed by atoms with Gasteiger partial charge in [0, 0.05) is 19.4 Å². The summed E-state index contributed by atoms with van der Waals surface area (Å²) in [4.78, 5) is 35.2. The highest BCUT2D eigenvalue weighted by Crippen LogP contribution is 2.43. The summed E-state index contributed by atoms with van der Waals surface area (Å²) >= 11 is 0. The Bertz CT molecular complexity index is 1750. The van der Waals surface area contributed by atoms with E-state index in [1.165, 1.54) is 70.6 Å². The highest BCUT2D eigenvalue weighted by molar-refractivity contribution is 7.47. The van der Waals surface area contributed by atoms with Crippen molar-refractivity contribution in [2.75, 3.05) is 26.4 Å². The van der Waals surface area contributed by atoms with E-state index >= 15 is 0 Å². The van der Waals surface area contributed by atoms with Gasteiger partial charge in [0.2, 0.25) is 0 Å². The fourth-order valence-corrected chi connectivity index (χ4v) is 8.34.